The fourth-order valence-corrected chi connectivity index (χ4v) is 3.19. The number of hydrogen-bond donors (Lipinski definition) is 1. The summed E-state index contributed by atoms with van der Waals surface area (Å²) in [6.07, 6.45) is 3.63. The third-order valence-electron chi connectivity index (χ3n) is 4.45. The summed E-state index contributed by atoms with van der Waals surface area (Å²) in [6.45, 7) is 4.25. The summed E-state index contributed by atoms with van der Waals surface area (Å²) in [4.78, 5) is 9.13. The van der Waals surface area contributed by atoms with Crippen molar-refractivity contribution in [3.8, 4) is 17.0 Å². The van der Waals surface area contributed by atoms with Crippen LogP contribution in [-0.4, -0.2) is 21.5 Å². The van der Waals surface area contributed by atoms with Crippen molar-refractivity contribution in [1.82, 2.24) is 14.4 Å². The van der Waals surface area contributed by atoms with Gasteiger partial charge in [-0.05, 0) is 29.0 Å². The molecule has 0 aliphatic heterocycles. The van der Waals surface area contributed by atoms with Crippen LogP contribution >= 0.6 is 0 Å². The molecule has 25 heavy (non-hydrogen) atoms. The van der Waals surface area contributed by atoms with Gasteiger partial charge < -0.3 is 10.5 Å². The summed E-state index contributed by atoms with van der Waals surface area (Å²) in [5.41, 5.74) is 8.93. The molecular weight excluding hydrogens is 312 g/mol. The van der Waals surface area contributed by atoms with E-state index < -0.39 is 0 Å². The van der Waals surface area contributed by atoms with E-state index in [4.69, 9.17) is 15.5 Å². The van der Waals surface area contributed by atoms with E-state index in [1.807, 2.05) is 22.7 Å². The Bertz CT molecular complexity index is 1080. The third-order valence-corrected chi connectivity index (χ3v) is 4.45. The molecule has 0 aliphatic rings. The zero-order valence-corrected chi connectivity index (χ0v) is 14.5. The van der Waals surface area contributed by atoms with E-state index in [1.54, 1.807) is 13.3 Å². The normalized spacial score (nSPS) is 11.5. The Hall–Kier alpha value is -3.08. The fraction of sp³-hybridized carbons (Fsp3) is 0.200. The average molecular weight is 332 g/mol. The van der Waals surface area contributed by atoms with Crippen LogP contribution in [0.15, 0.2) is 48.8 Å². The number of aromatic nitrogens is 3. The van der Waals surface area contributed by atoms with Gasteiger partial charge in [0.15, 0.2) is 0 Å². The zero-order chi connectivity index (χ0) is 17.6. The lowest BCUT2D eigenvalue weighted by atomic mass is 10.0. The Morgan fingerprint density at radius 3 is 2.60 bits per heavy atom. The van der Waals surface area contributed by atoms with Crippen LogP contribution in [0, 0.1) is 0 Å². The lowest BCUT2D eigenvalue weighted by Crippen LogP contribution is -1.99. The highest BCUT2D eigenvalue weighted by Crippen LogP contribution is 2.32. The van der Waals surface area contributed by atoms with E-state index in [-0.39, 0.29) is 5.92 Å². The number of nitrogens with two attached hydrogens (primary N) is 1. The Kier molecular flexibility index (Phi) is 3.57. The van der Waals surface area contributed by atoms with Gasteiger partial charge in [-0.25, -0.2) is 9.97 Å². The molecule has 5 heteroatoms. The van der Waals surface area contributed by atoms with Crippen molar-refractivity contribution in [2.45, 2.75) is 19.8 Å². The molecule has 0 unspecified atom stereocenters. The first kappa shape index (κ1) is 15.4. The minimum Gasteiger partial charge on any atom is -0.497 e. The van der Waals surface area contributed by atoms with Crippen molar-refractivity contribution in [2.75, 3.05) is 12.8 Å². The first-order chi connectivity index (χ1) is 12.1. The molecule has 0 saturated carbocycles. The first-order valence-electron chi connectivity index (χ1n) is 8.29. The molecule has 0 aliphatic carbocycles. The van der Waals surface area contributed by atoms with Gasteiger partial charge in [0.25, 0.3) is 0 Å². The number of benzene rings is 2. The molecule has 2 N–H and O–H groups in total. The van der Waals surface area contributed by atoms with Gasteiger partial charge in [-0.2, -0.15) is 0 Å². The number of nitrogens with zero attached hydrogens (tertiary/aromatic N) is 3. The molecule has 5 nitrogen and oxygen atoms in total. The average Bonchev–Trinajstić information content (AvgIpc) is 3.02. The molecule has 0 fully saturated rings. The van der Waals surface area contributed by atoms with Gasteiger partial charge in [0.2, 0.25) is 0 Å². The summed E-state index contributed by atoms with van der Waals surface area (Å²) in [6, 6.07) is 12.3. The van der Waals surface area contributed by atoms with Crippen LogP contribution in [-0.2, 0) is 0 Å². The Labute approximate surface area is 146 Å². The quantitative estimate of drug-likeness (QED) is 0.608. The first-order valence-corrected chi connectivity index (χ1v) is 8.29. The van der Waals surface area contributed by atoms with Crippen molar-refractivity contribution in [1.29, 1.82) is 0 Å². The summed E-state index contributed by atoms with van der Waals surface area (Å²) in [5, 5.41) is 2.26. The van der Waals surface area contributed by atoms with Crippen LogP contribution < -0.4 is 10.5 Å². The SMILES string of the molecule is COc1ccc2cc(-c3nc(C(C)C)n4ccnc(N)c34)ccc2c1. The maximum absolute atomic E-state index is 6.17. The number of rotatable bonds is 3. The van der Waals surface area contributed by atoms with Gasteiger partial charge in [0, 0.05) is 23.9 Å². The predicted octanol–water partition coefficient (Wildman–Crippen LogP) is 4.26. The summed E-state index contributed by atoms with van der Waals surface area (Å²) in [5.74, 6) is 2.61. The highest BCUT2D eigenvalue weighted by Gasteiger charge is 2.17. The largest absolute Gasteiger partial charge is 0.497 e. The lowest BCUT2D eigenvalue weighted by Gasteiger charge is -2.06. The van der Waals surface area contributed by atoms with Gasteiger partial charge in [0.05, 0.1) is 7.11 Å². The maximum Gasteiger partial charge on any atom is 0.150 e. The number of anilines is 1. The molecule has 2 heterocycles. The molecule has 4 aromatic rings. The van der Waals surface area contributed by atoms with Crippen molar-refractivity contribution in [3.63, 3.8) is 0 Å². The minimum absolute atomic E-state index is 0.285. The number of hydrogen-bond acceptors (Lipinski definition) is 4. The second kappa shape index (κ2) is 5.77. The molecule has 0 atom stereocenters. The smallest absolute Gasteiger partial charge is 0.150 e. The predicted molar refractivity (Wildman–Crippen MR) is 101 cm³/mol. The molecule has 0 amide bonds. The minimum atomic E-state index is 0.285. The summed E-state index contributed by atoms with van der Waals surface area (Å²) >= 11 is 0. The molecule has 126 valence electrons. The third kappa shape index (κ3) is 2.48. The van der Waals surface area contributed by atoms with Crippen molar-refractivity contribution >= 4 is 22.1 Å². The van der Waals surface area contributed by atoms with E-state index >= 15 is 0 Å². The second-order valence-corrected chi connectivity index (χ2v) is 6.43. The monoisotopic (exact) mass is 332 g/mol. The van der Waals surface area contributed by atoms with Crippen LogP contribution in [0.2, 0.25) is 0 Å². The van der Waals surface area contributed by atoms with Gasteiger partial charge in [-0.3, -0.25) is 4.40 Å². The Morgan fingerprint density at radius 1 is 1.08 bits per heavy atom. The molecule has 2 aromatic carbocycles. The molecular formula is C20H20N4O. The second-order valence-electron chi connectivity index (χ2n) is 6.43. The van der Waals surface area contributed by atoms with Crippen LogP contribution in [0.1, 0.15) is 25.6 Å². The molecule has 0 radical (unpaired) electrons. The molecule has 0 bridgehead atoms. The number of nitrogen functional groups attached to an aromatic ring is 1. The van der Waals surface area contributed by atoms with E-state index in [0.717, 1.165) is 39.1 Å². The van der Waals surface area contributed by atoms with E-state index in [9.17, 15) is 0 Å². The fourth-order valence-electron chi connectivity index (χ4n) is 3.19. The van der Waals surface area contributed by atoms with Crippen molar-refractivity contribution in [2.24, 2.45) is 0 Å². The topological polar surface area (TPSA) is 65.4 Å². The van der Waals surface area contributed by atoms with Gasteiger partial charge in [-0.15, -0.1) is 0 Å². The number of imidazole rings is 1. The number of fused-ring (bicyclic) bond motifs is 2. The number of methoxy groups -OCH3 is 1. The highest BCUT2D eigenvalue weighted by atomic mass is 16.5. The zero-order valence-electron chi connectivity index (χ0n) is 14.5. The van der Waals surface area contributed by atoms with Crippen LogP contribution in [0.5, 0.6) is 5.75 Å². The van der Waals surface area contributed by atoms with E-state index in [0.29, 0.717) is 5.82 Å². The van der Waals surface area contributed by atoms with Crippen molar-refractivity contribution in [3.05, 3.63) is 54.6 Å². The van der Waals surface area contributed by atoms with Crippen LogP contribution in [0.3, 0.4) is 0 Å². The molecule has 0 saturated heterocycles. The van der Waals surface area contributed by atoms with Gasteiger partial charge in [0.1, 0.15) is 28.6 Å². The van der Waals surface area contributed by atoms with Gasteiger partial charge in [-0.1, -0.05) is 32.0 Å². The molecule has 0 spiro atoms. The Balaban J connectivity index is 1.96. The van der Waals surface area contributed by atoms with Crippen LogP contribution in [0.4, 0.5) is 5.82 Å². The highest BCUT2D eigenvalue weighted by molar-refractivity contribution is 5.92. The Morgan fingerprint density at radius 2 is 1.84 bits per heavy atom. The number of ether oxygens (including phenoxy) is 1. The summed E-state index contributed by atoms with van der Waals surface area (Å²) in [7, 11) is 1.68. The summed E-state index contributed by atoms with van der Waals surface area (Å²) < 4.78 is 7.34. The molecule has 4 rings (SSSR count). The van der Waals surface area contributed by atoms with Crippen molar-refractivity contribution < 1.29 is 4.74 Å². The van der Waals surface area contributed by atoms with Crippen LogP contribution in [0.25, 0.3) is 27.5 Å². The molecule has 2 aromatic heterocycles. The van der Waals surface area contributed by atoms with E-state index in [2.05, 4.69) is 43.1 Å². The lowest BCUT2D eigenvalue weighted by molar-refractivity contribution is 0.415. The van der Waals surface area contributed by atoms with E-state index in [1.165, 1.54) is 0 Å². The standard InChI is InChI=1S/C20H20N4O/c1-12(2)20-23-17(18-19(21)22-8-9-24(18)20)15-5-4-14-11-16(25-3)7-6-13(14)10-15/h4-12H,1-3H3,(H2,21,22). The maximum atomic E-state index is 6.17. The van der Waals surface area contributed by atoms with Gasteiger partial charge >= 0.3 is 0 Å².